The molecule has 5 heteroatoms. The van der Waals surface area contributed by atoms with Crippen molar-refractivity contribution in [2.24, 2.45) is 11.8 Å². The van der Waals surface area contributed by atoms with Gasteiger partial charge in [0.05, 0.1) is 18.9 Å². The molecule has 2 aliphatic heterocycles. The van der Waals surface area contributed by atoms with Gasteiger partial charge in [-0.15, -0.1) is 0 Å². The van der Waals surface area contributed by atoms with Crippen molar-refractivity contribution in [2.75, 3.05) is 7.11 Å². The highest BCUT2D eigenvalue weighted by molar-refractivity contribution is 14.1. The minimum Gasteiger partial charge on any atom is -0.469 e. The molecule has 0 aromatic heterocycles. The van der Waals surface area contributed by atoms with E-state index < -0.39 is 6.10 Å². The molecule has 1 saturated heterocycles. The second kappa shape index (κ2) is 3.52. The normalized spacial score (nSPS) is 34.9. The Balaban J connectivity index is 2.25. The second-order valence-corrected chi connectivity index (χ2v) is 4.63. The first-order valence-electron chi connectivity index (χ1n) is 4.29. The number of halogens is 1. The van der Waals surface area contributed by atoms with Crippen molar-refractivity contribution in [3.05, 3.63) is 9.66 Å². The second-order valence-electron chi connectivity index (χ2n) is 3.38. The summed E-state index contributed by atoms with van der Waals surface area (Å²) in [7, 11) is 1.35. The number of carbonyl (C=O) groups excluding carboxylic acids is 2. The lowest BCUT2D eigenvalue weighted by Crippen LogP contribution is -2.45. The van der Waals surface area contributed by atoms with Crippen LogP contribution in [0.4, 0.5) is 0 Å². The SMILES string of the molecule is COC(=O)[C@@H]1C[C@@H]2C=C(I)[C@H]1OC2=O. The smallest absolute Gasteiger partial charge is 0.313 e. The van der Waals surface area contributed by atoms with E-state index in [4.69, 9.17) is 4.74 Å². The average Bonchev–Trinajstić information content (AvgIpc) is 2.18. The zero-order chi connectivity index (χ0) is 10.3. The Hall–Kier alpha value is -0.590. The first-order chi connectivity index (χ1) is 6.63. The van der Waals surface area contributed by atoms with Gasteiger partial charge < -0.3 is 9.47 Å². The maximum absolute atomic E-state index is 11.4. The molecule has 3 aliphatic rings. The minimum absolute atomic E-state index is 0.226. The summed E-state index contributed by atoms with van der Waals surface area (Å²) in [6, 6.07) is 0. The molecule has 0 spiro atoms. The molecule has 1 aliphatic carbocycles. The molecular weight excluding hydrogens is 299 g/mol. The standard InChI is InChI=1S/C9H9IO4/c1-13-9(12)5-2-4-3-6(10)7(5)14-8(4)11/h3-5,7H,2H2,1H3/t4-,5-,7+/m1/s1. The lowest BCUT2D eigenvalue weighted by Gasteiger charge is -2.37. The number of hydrogen-bond acceptors (Lipinski definition) is 4. The van der Waals surface area contributed by atoms with E-state index in [1.54, 1.807) is 0 Å². The van der Waals surface area contributed by atoms with Crippen LogP contribution in [0.15, 0.2) is 9.66 Å². The average molecular weight is 308 g/mol. The van der Waals surface area contributed by atoms with Gasteiger partial charge in [-0.3, -0.25) is 9.59 Å². The van der Waals surface area contributed by atoms with Crippen LogP contribution in [0.1, 0.15) is 6.42 Å². The van der Waals surface area contributed by atoms with Crippen LogP contribution >= 0.6 is 22.6 Å². The fourth-order valence-corrected chi connectivity index (χ4v) is 2.83. The van der Waals surface area contributed by atoms with Gasteiger partial charge in [0.25, 0.3) is 0 Å². The number of rotatable bonds is 1. The van der Waals surface area contributed by atoms with Crippen LogP contribution < -0.4 is 0 Å². The molecule has 0 amide bonds. The zero-order valence-electron chi connectivity index (χ0n) is 7.53. The van der Waals surface area contributed by atoms with Gasteiger partial charge in [0, 0.05) is 3.58 Å². The van der Waals surface area contributed by atoms with Gasteiger partial charge >= 0.3 is 11.9 Å². The molecule has 2 bridgehead atoms. The van der Waals surface area contributed by atoms with Crippen molar-refractivity contribution in [1.82, 2.24) is 0 Å². The highest BCUT2D eigenvalue weighted by atomic mass is 127. The molecule has 1 fully saturated rings. The summed E-state index contributed by atoms with van der Waals surface area (Å²) in [5.41, 5.74) is 0. The molecule has 0 unspecified atom stereocenters. The van der Waals surface area contributed by atoms with Crippen molar-refractivity contribution in [3.63, 3.8) is 0 Å². The summed E-state index contributed by atoms with van der Waals surface area (Å²) in [6.45, 7) is 0. The van der Waals surface area contributed by atoms with Crippen LogP contribution in [-0.2, 0) is 19.1 Å². The van der Waals surface area contributed by atoms with Crippen molar-refractivity contribution in [3.8, 4) is 0 Å². The van der Waals surface area contributed by atoms with E-state index in [1.165, 1.54) is 7.11 Å². The van der Waals surface area contributed by atoms with Crippen LogP contribution in [0.5, 0.6) is 0 Å². The first kappa shape index (κ1) is 9.95. The van der Waals surface area contributed by atoms with E-state index >= 15 is 0 Å². The molecule has 76 valence electrons. The predicted molar refractivity (Wildman–Crippen MR) is 55.6 cm³/mol. The minimum atomic E-state index is -0.416. The van der Waals surface area contributed by atoms with Gasteiger partial charge in [0.2, 0.25) is 0 Å². The molecule has 3 rings (SSSR count). The van der Waals surface area contributed by atoms with Crippen molar-refractivity contribution < 1.29 is 19.1 Å². The Morgan fingerprint density at radius 1 is 1.71 bits per heavy atom. The van der Waals surface area contributed by atoms with Crippen LogP contribution in [0.2, 0.25) is 0 Å². The lowest BCUT2D eigenvalue weighted by molar-refractivity contribution is -0.170. The summed E-state index contributed by atoms with van der Waals surface area (Å²) < 4.78 is 10.7. The fraction of sp³-hybridized carbons (Fsp3) is 0.556. The Kier molecular flexibility index (Phi) is 2.50. The number of ether oxygens (including phenoxy) is 2. The van der Waals surface area contributed by atoms with Crippen LogP contribution in [0.25, 0.3) is 0 Å². The molecular formula is C9H9IO4. The number of carbonyl (C=O) groups is 2. The van der Waals surface area contributed by atoms with Crippen molar-refractivity contribution in [2.45, 2.75) is 12.5 Å². The molecule has 4 nitrogen and oxygen atoms in total. The van der Waals surface area contributed by atoms with Gasteiger partial charge in [0.1, 0.15) is 6.10 Å². The zero-order valence-corrected chi connectivity index (χ0v) is 9.68. The molecule has 0 saturated carbocycles. The van der Waals surface area contributed by atoms with Gasteiger partial charge in [0.15, 0.2) is 0 Å². The highest BCUT2D eigenvalue weighted by Gasteiger charge is 2.46. The number of esters is 2. The van der Waals surface area contributed by atoms with E-state index in [0.717, 1.165) is 3.58 Å². The van der Waals surface area contributed by atoms with E-state index in [2.05, 4.69) is 27.3 Å². The van der Waals surface area contributed by atoms with Crippen LogP contribution in [0, 0.1) is 11.8 Å². The van der Waals surface area contributed by atoms with Gasteiger partial charge in [-0.05, 0) is 29.0 Å². The summed E-state index contributed by atoms with van der Waals surface area (Å²) >= 11 is 2.10. The molecule has 3 atom stereocenters. The first-order valence-corrected chi connectivity index (χ1v) is 5.37. The third kappa shape index (κ3) is 1.43. The summed E-state index contributed by atoms with van der Waals surface area (Å²) in [5, 5.41) is 0. The molecule has 0 aromatic carbocycles. The van der Waals surface area contributed by atoms with Crippen molar-refractivity contribution in [1.29, 1.82) is 0 Å². The Morgan fingerprint density at radius 3 is 3.00 bits per heavy atom. The van der Waals surface area contributed by atoms with Crippen LogP contribution in [0.3, 0.4) is 0 Å². The van der Waals surface area contributed by atoms with E-state index in [-0.39, 0.29) is 23.8 Å². The third-order valence-corrected chi connectivity index (χ3v) is 3.53. The predicted octanol–water partition coefficient (Wildman–Crippen LogP) is 1.04. The van der Waals surface area contributed by atoms with E-state index in [1.807, 2.05) is 6.08 Å². The Bertz CT molecular complexity index is 323. The Morgan fingerprint density at radius 2 is 2.43 bits per heavy atom. The highest BCUT2D eigenvalue weighted by Crippen LogP contribution is 2.40. The monoisotopic (exact) mass is 308 g/mol. The summed E-state index contributed by atoms with van der Waals surface area (Å²) in [6.07, 6.45) is 1.97. The maximum Gasteiger partial charge on any atom is 0.313 e. The van der Waals surface area contributed by atoms with E-state index in [0.29, 0.717) is 6.42 Å². The quantitative estimate of drug-likeness (QED) is 0.536. The topological polar surface area (TPSA) is 52.6 Å². The number of hydrogen-bond donors (Lipinski definition) is 0. The fourth-order valence-electron chi connectivity index (χ4n) is 1.83. The molecule has 0 radical (unpaired) electrons. The number of fused-ring (bicyclic) bond motifs is 2. The van der Waals surface area contributed by atoms with Crippen molar-refractivity contribution >= 4 is 34.5 Å². The number of methoxy groups -OCH3 is 1. The van der Waals surface area contributed by atoms with Gasteiger partial charge in [-0.1, -0.05) is 6.08 Å². The van der Waals surface area contributed by atoms with Gasteiger partial charge in [-0.2, -0.15) is 0 Å². The van der Waals surface area contributed by atoms with Gasteiger partial charge in [-0.25, -0.2) is 0 Å². The van der Waals surface area contributed by atoms with E-state index in [9.17, 15) is 9.59 Å². The summed E-state index contributed by atoms with van der Waals surface area (Å²) in [5.74, 6) is -1.11. The molecule has 0 N–H and O–H groups in total. The molecule has 14 heavy (non-hydrogen) atoms. The lowest BCUT2D eigenvalue weighted by atomic mass is 9.82. The Labute approximate surface area is 94.8 Å². The molecule has 0 aromatic rings. The molecule has 2 heterocycles. The third-order valence-electron chi connectivity index (χ3n) is 2.56. The largest absolute Gasteiger partial charge is 0.469 e. The van der Waals surface area contributed by atoms with Crippen LogP contribution in [-0.4, -0.2) is 25.2 Å². The maximum atomic E-state index is 11.4. The summed E-state index contributed by atoms with van der Waals surface area (Å²) in [4.78, 5) is 22.6.